The molecular formula is C13H28N2. The van der Waals surface area contributed by atoms with Crippen molar-refractivity contribution < 1.29 is 0 Å². The molecule has 1 rings (SSSR count). The highest BCUT2D eigenvalue weighted by Crippen LogP contribution is 2.26. The molecule has 0 saturated heterocycles. The van der Waals surface area contributed by atoms with Crippen molar-refractivity contribution in [3.63, 3.8) is 0 Å². The molecule has 0 aromatic rings. The van der Waals surface area contributed by atoms with Gasteiger partial charge in [-0.25, -0.2) is 0 Å². The average Bonchev–Trinajstić information content (AvgIpc) is 2.22. The van der Waals surface area contributed by atoms with E-state index in [1.165, 1.54) is 25.9 Å². The van der Waals surface area contributed by atoms with Crippen molar-refractivity contribution in [2.24, 2.45) is 11.1 Å². The molecule has 0 aromatic carbocycles. The first-order valence-corrected chi connectivity index (χ1v) is 6.19. The summed E-state index contributed by atoms with van der Waals surface area (Å²) < 4.78 is 0. The van der Waals surface area contributed by atoms with Crippen LogP contribution >= 0.6 is 0 Å². The molecule has 0 aromatic heterocycles. The molecule has 1 heterocycles. The summed E-state index contributed by atoms with van der Waals surface area (Å²) >= 11 is 0. The molecule has 1 aliphatic heterocycles. The molecule has 0 saturated carbocycles. The van der Waals surface area contributed by atoms with Gasteiger partial charge in [0.05, 0.1) is 0 Å². The highest BCUT2D eigenvalue weighted by atomic mass is 15.1. The van der Waals surface area contributed by atoms with Crippen molar-refractivity contribution in [3.8, 4) is 0 Å². The zero-order valence-electron chi connectivity index (χ0n) is 10.9. The number of allylic oxidation sites excluding steroid dienone is 1. The molecule has 0 fully saturated rings. The van der Waals surface area contributed by atoms with Crippen LogP contribution in [0.25, 0.3) is 0 Å². The Morgan fingerprint density at radius 3 is 2.20 bits per heavy atom. The fourth-order valence-corrected chi connectivity index (χ4v) is 1.37. The van der Waals surface area contributed by atoms with Crippen LogP contribution in [0.1, 0.15) is 47.0 Å². The molecule has 15 heavy (non-hydrogen) atoms. The predicted molar refractivity (Wildman–Crippen MR) is 68.7 cm³/mol. The Labute approximate surface area is 95.5 Å². The summed E-state index contributed by atoms with van der Waals surface area (Å²) in [6.07, 6.45) is 8.23. The maximum atomic E-state index is 5.03. The topological polar surface area (TPSA) is 29.3 Å². The molecule has 0 amide bonds. The molecule has 0 atom stereocenters. The van der Waals surface area contributed by atoms with Crippen molar-refractivity contribution in [1.29, 1.82) is 0 Å². The van der Waals surface area contributed by atoms with Gasteiger partial charge in [-0.3, -0.25) is 0 Å². The minimum Gasteiger partial charge on any atom is -0.378 e. The van der Waals surface area contributed by atoms with Crippen LogP contribution in [-0.2, 0) is 0 Å². The molecule has 0 spiro atoms. The van der Waals surface area contributed by atoms with Crippen molar-refractivity contribution >= 4 is 0 Å². The van der Waals surface area contributed by atoms with Crippen LogP contribution in [-0.4, -0.2) is 24.5 Å². The van der Waals surface area contributed by atoms with Crippen molar-refractivity contribution in [2.45, 2.75) is 47.0 Å². The molecule has 2 nitrogen and oxygen atoms in total. The Kier molecular flexibility index (Phi) is 7.49. The first-order valence-electron chi connectivity index (χ1n) is 6.19. The molecule has 1 aliphatic rings. The molecule has 2 N–H and O–H groups in total. The summed E-state index contributed by atoms with van der Waals surface area (Å²) in [5, 5.41) is 0. The highest BCUT2D eigenvalue weighted by molar-refractivity contribution is 4.99. The normalized spacial score (nSPS) is 18.3. The van der Waals surface area contributed by atoms with Crippen molar-refractivity contribution in [2.75, 3.05) is 19.6 Å². The van der Waals surface area contributed by atoms with E-state index in [9.17, 15) is 0 Å². The van der Waals surface area contributed by atoms with Gasteiger partial charge in [0.2, 0.25) is 0 Å². The maximum Gasteiger partial charge on any atom is 0.0180 e. The third kappa shape index (κ3) is 7.43. The van der Waals surface area contributed by atoms with Crippen LogP contribution in [0.4, 0.5) is 0 Å². The largest absolute Gasteiger partial charge is 0.378 e. The van der Waals surface area contributed by atoms with Crippen LogP contribution in [0.3, 0.4) is 0 Å². The second kappa shape index (κ2) is 7.75. The van der Waals surface area contributed by atoms with Gasteiger partial charge in [-0.05, 0) is 37.4 Å². The van der Waals surface area contributed by atoms with Gasteiger partial charge in [0, 0.05) is 13.1 Å². The van der Waals surface area contributed by atoms with Gasteiger partial charge in [-0.1, -0.05) is 33.8 Å². The summed E-state index contributed by atoms with van der Waals surface area (Å²) in [7, 11) is 0. The van der Waals surface area contributed by atoms with Crippen LogP contribution in [0.2, 0.25) is 0 Å². The fourth-order valence-electron chi connectivity index (χ4n) is 1.37. The number of nitrogens with zero attached hydrogens (tertiary/aromatic N) is 1. The van der Waals surface area contributed by atoms with E-state index in [1.54, 1.807) is 0 Å². The highest BCUT2D eigenvalue weighted by Gasteiger charge is 2.18. The Balaban J connectivity index is 0.000000423. The first-order chi connectivity index (χ1) is 7.05. The number of rotatable bonds is 3. The Morgan fingerprint density at radius 2 is 1.87 bits per heavy atom. The lowest BCUT2D eigenvalue weighted by atomic mass is 9.87. The van der Waals surface area contributed by atoms with E-state index in [0.29, 0.717) is 5.41 Å². The lowest BCUT2D eigenvalue weighted by Crippen LogP contribution is -2.28. The maximum absolute atomic E-state index is 5.03. The van der Waals surface area contributed by atoms with E-state index in [4.69, 9.17) is 5.73 Å². The smallest absolute Gasteiger partial charge is 0.0180 e. The monoisotopic (exact) mass is 212 g/mol. The Bertz CT molecular complexity index is 171. The number of hydrogen-bond donors (Lipinski definition) is 1. The average molecular weight is 212 g/mol. The Hall–Kier alpha value is -0.500. The summed E-state index contributed by atoms with van der Waals surface area (Å²) in [6, 6.07) is 0. The lowest BCUT2D eigenvalue weighted by molar-refractivity contribution is 0.278. The minimum absolute atomic E-state index is 0.435. The fraction of sp³-hybridized carbons (Fsp3) is 0.846. The SMILES string of the molecule is CCCN.CCCN1C=CC(C)(C)CC1. The van der Waals surface area contributed by atoms with Gasteiger partial charge in [-0.2, -0.15) is 0 Å². The molecule has 0 aliphatic carbocycles. The number of nitrogens with two attached hydrogens (primary N) is 1. The van der Waals surface area contributed by atoms with Gasteiger partial charge in [-0.15, -0.1) is 0 Å². The summed E-state index contributed by atoms with van der Waals surface area (Å²) in [5.41, 5.74) is 5.46. The van der Waals surface area contributed by atoms with Gasteiger partial charge in [0.15, 0.2) is 0 Å². The Morgan fingerprint density at radius 1 is 1.27 bits per heavy atom. The van der Waals surface area contributed by atoms with E-state index in [1.807, 2.05) is 0 Å². The van der Waals surface area contributed by atoms with Crippen LogP contribution in [0, 0.1) is 5.41 Å². The quantitative estimate of drug-likeness (QED) is 0.779. The van der Waals surface area contributed by atoms with Crippen LogP contribution < -0.4 is 5.73 Å². The molecule has 90 valence electrons. The van der Waals surface area contributed by atoms with Gasteiger partial charge < -0.3 is 10.6 Å². The first kappa shape index (κ1) is 14.5. The van der Waals surface area contributed by atoms with Gasteiger partial charge in [0.1, 0.15) is 0 Å². The second-order valence-electron chi connectivity index (χ2n) is 4.88. The predicted octanol–water partition coefficient (Wildman–Crippen LogP) is 3.00. The van der Waals surface area contributed by atoms with Crippen molar-refractivity contribution in [1.82, 2.24) is 4.90 Å². The van der Waals surface area contributed by atoms with E-state index in [-0.39, 0.29) is 0 Å². The van der Waals surface area contributed by atoms with Gasteiger partial charge >= 0.3 is 0 Å². The lowest BCUT2D eigenvalue weighted by Gasteiger charge is -2.31. The van der Waals surface area contributed by atoms with E-state index < -0.39 is 0 Å². The third-order valence-corrected chi connectivity index (χ3v) is 2.58. The van der Waals surface area contributed by atoms with E-state index >= 15 is 0 Å². The minimum atomic E-state index is 0.435. The van der Waals surface area contributed by atoms with Gasteiger partial charge in [0.25, 0.3) is 0 Å². The van der Waals surface area contributed by atoms with Crippen LogP contribution in [0.5, 0.6) is 0 Å². The molecular weight excluding hydrogens is 184 g/mol. The molecule has 0 unspecified atom stereocenters. The zero-order valence-corrected chi connectivity index (χ0v) is 10.9. The second-order valence-corrected chi connectivity index (χ2v) is 4.88. The van der Waals surface area contributed by atoms with E-state index in [2.05, 4.69) is 44.9 Å². The summed E-state index contributed by atoms with van der Waals surface area (Å²) in [6.45, 7) is 12.1. The summed E-state index contributed by atoms with van der Waals surface area (Å²) in [5.74, 6) is 0. The molecule has 0 radical (unpaired) electrons. The van der Waals surface area contributed by atoms with Crippen molar-refractivity contribution in [3.05, 3.63) is 12.3 Å². The standard InChI is InChI=1S/C10H19N.C3H9N/c1-4-7-11-8-5-10(2,3)6-9-11;1-2-3-4/h5,8H,4,6-7,9H2,1-3H3;2-4H2,1H3. The molecule has 0 bridgehead atoms. The summed E-state index contributed by atoms with van der Waals surface area (Å²) in [4.78, 5) is 2.41. The third-order valence-electron chi connectivity index (χ3n) is 2.58. The van der Waals surface area contributed by atoms with Crippen LogP contribution in [0.15, 0.2) is 12.3 Å². The number of hydrogen-bond acceptors (Lipinski definition) is 2. The molecule has 2 heteroatoms. The van der Waals surface area contributed by atoms with E-state index in [0.717, 1.165) is 13.0 Å². The zero-order chi connectivity index (χ0) is 11.7.